The Morgan fingerprint density at radius 1 is 1.50 bits per heavy atom. The number of halogens is 3. The quantitative estimate of drug-likeness (QED) is 0.749. The molecule has 2 atom stereocenters. The Hall–Kier alpha value is -0.820. The molecule has 0 saturated carbocycles. The van der Waals surface area contributed by atoms with Gasteiger partial charge in [-0.15, -0.1) is 0 Å². The summed E-state index contributed by atoms with van der Waals surface area (Å²) < 4.78 is 42.1. The molecule has 0 aromatic carbocycles. The molecule has 0 aliphatic carbocycles. The van der Waals surface area contributed by atoms with Crippen LogP contribution < -0.4 is 11.1 Å². The minimum Gasteiger partial charge on any atom is -0.377 e. The lowest BCUT2D eigenvalue weighted by atomic mass is 10.0. The maximum atomic E-state index is 12.3. The standard InChI is InChI=1S/C9H17F3N2O2/c1-4-16-6(2)5-14-7(15)8(3,13)9(10,11)12/h6H,4-5,13H2,1-3H3,(H,14,15). The Bertz CT molecular complexity index is 241. The van der Waals surface area contributed by atoms with Crippen LogP contribution in [0.1, 0.15) is 20.8 Å². The van der Waals surface area contributed by atoms with E-state index in [1.54, 1.807) is 13.8 Å². The number of alkyl halides is 3. The number of nitrogens with two attached hydrogens (primary N) is 1. The van der Waals surface area contributed by atoms with E-state index in [4.69, 9.17) is 10.5 Å². The molecule has 0 aromatic rings. The lowest BCUT2D eigenvalue weighted by Crippen LogP contribution is -2.61. The van der Waals surface area contributed by atoms with E-state index in [1.807, 2.05) is 0 Å². The monoisotopic (exact) mass is 242 g/mol. The van der Waals surface area contributed by atoms with Crippen molar-refractivity contribution in [3.8, 4) is 0 Å². The first-order valence-corrected chi connectivity index (χ1v) is 4.88. The van der Waals surface area contributed by atoms with Crippen LogP contribution in [0.3, 0.4) is 0 Å². The molecular formula is C9H17F3N2O2. The van der Waals surface area contributed by atoms with Crippen LogP contribution in [0, 0.1) is 0 Å². The van der Waals surface area contributed by atoms with Crippen molar-refractivity contribution in [2.75, 3.05) is 13.2 Å². The number of hydrogen-bond acceptors (Lipinski definition) is 3. The van der Waals surface area contributed by atoms with Gasteiger partial charge in [0.1, 0.15) is 0 Å². The minimum atomic E-state index is -4.77. The molecule has 0 radical (unpaired) electrons. The summed E-state index contributed by atoms with van der Waals surface area (Å²) in [7, 11) is 0. The third kappa shape index (κ3) is 3.97. The molecule has 0 aromatic heterocycles. The van der Waals surface area contributed by atoms with E-state index in [-0.39, 0.29) is 12.6 Å². The lowest BCUT2D eigenvalue weighted by molar-refractivity contribution is -0.187. The molecule has 7 heteroatoms. The third-order valence-electron chi connectivity index (χ3n) is 2.06. The van der Waals surface area contributed by atoms with Gasteiger partial charge in [-0.05, 0) is 20.8 Å². The van der Waals surface area contributed by atoms with Crippen molar-refractivity contribution in [3.05, 3.63) is 0 Å². The van der Waals surface area contributed by atoms with Gasteiger partial charge in [0.25, 0.3) is 0 Å². The Morgan fingerprint density at radius 3 is 2.38 bits per heavy atom. The zero-order valence-corrected chi connectivity index (χ0v) is 9.52. The molecule has 4 nitrogen and oxygen atoms in total. The van der Waals surface area contributed by atoms with E-state index in [0.717, 1.165) is 0 Å². The molecule has 0 bridgehead atoms. The molecule has 0 fully saturated rings. The number of amides is 1. The number of hydrogen-bond donors (Lipinski definition) is 2. The van der Waals surface area contributed by atoms with E-state index in [1.165, 1.54) is 0 Å². The molecule has 0 rings (SSSR count). The summed E-state index contributed by atoms with van der Waals surface area (Å²) in [6.07, 6.45) is -5.12. The highest BCUT2D eigenvalue weighted by Crippen LogP contribution is 2.27. The first-order valence-electron chi connectivity index (χ1n) is 4.88. The van der Waals surface area contributed by atoms with Gasteiger partial charge < -0.3 is 15.8 Å². The van der Waals surface area contributed by atoms with E-state index < -0.39 is 17.6 Å². The molecule has 3 N–H and O–H groups in total. The van der Waals surface area contributed by atoms with E-state index in [2.05, 4.69) is 5.32 Å². The second-order valence-corrected chi connectivity index (χ2v) is 3.68. The van der Waals surface area contributed by atoms with Crippen molar-refractivity contribution >= 4 is 5.91 Å². The number of carbonyl (C=O) groups is 1. The Labute approximate surface area is 92.3 Å². The summed E-state index contributed by atoms with van der Waals surface area (Å²) in [4.78, 5) is 11.2. The normalized spacial score (nSPS) is 17.7. The van der Waals surface area contributed by atoms with Crippen molar-refractivity contribution in [2.24, 2.45) is 5.73 Å². The van der Waals surface area contributed by atoms with Crippen LogP contribution in [-0.2, 0) is 9.53 Å². The average molecular weight is 242 g/mol. The maximum absolute atomic E-state index is 12.3. The van der Waals surface area contributed by atoms with Gasteiger partial charge in [-0.1, -0.05) is 0 Å². The fourth-order valence-electron chi connectivity index (χ4n) is 0.892. The predicted octanol–water partition coefficient (Wildman–Crippen LogP) is 0.807. The molecule has 0 heterocycles. The Balaban J connectivity index is 4.27. The molecule has 2 unspecified atom stereocenters. The van der Waals surface area contributed by atoms with Crippen molar-refractivity contribution < 1.29 is 22.7 Å². The summed E-state index contributed by atoms with van der Waals surface area (Å²) in [6.45, 7) is 4.45. The Kier molecular flexibility index (Phi) is 5.21. The summed E-state index contributed by atoms with van der Waals surface area (Å²) >= 11 is 0. The van der Waals surface area contributed by atoms with Crippen LogP contribution in [0.2, 0.25) is 0 Å². The first kappa shape index (κ1) is 15.2. The number of rotatable bonds is 5. The van der Waals surface area contributed by atoms with E-state index in [0.29, 0.717) is 13.5 Å². The van der Waals surface area contributed by atoms with Crippen molar-refractivity contribution in [1.82, 2.24) is 5.32 Å². The zero-order valence-electron chi connectivity index (χ0n) is 9.52. The Morgan fingerprint density at radius 2 is 2.00 bits per heavy atom. The second-order valence-electron chi connectivity index (χ2n) is 3.68. The number of ether oxygens (including phenoxy) is 1. The van der Waals surface area contributed by atoms with Crippen molar-refractivity contribution in [1.29, 1.82) is 0 Å². The van der Waals surface area contributed by atoms with Crippen LogP contribution in [0.15, 0.2) is 0 Å². The molecule has 16 heavy (non-hydrogen) atoms. The molecule has 1 amide bonds. The number of nitrogens with one attached hydrogen (secondary N) is 1. The molecule has 0 aliphatic rings. The van der Waals surface area contributed by atoms with E-state index in [9.17, 15) is 18.0 Å². The average Bonchev–Trinajstić information content (AvgIpc) is 2.12. The van der Waals surface area contributed by atoms with Crippen molar-refractivity contribution in [3.63, 3.8) is 0 Å². The van der Waals surface area contributed by atoms with Gasteiger partial charge in [-0.3, -0.25) is 4.79 Å². The summed E-state index contributed by atoms with van der Waals surface area (Å²) in [5, 5.41) is 2.11. The van der Waals surface area contributed by atoms with Gasteiger partial charge in [-0.25, -0.2) is 0 Å². The van der Waals surface area contributed by atoms with Crippen LogP contribution >= 0.6 is 0 Å². The van der Waals surface area contributed by atoms with Crippen LogP contribution in [-0.4, -0.2) is 36.9 Å². The molecule has 0 aliphatic heterocycles. The van der Waals surface area contributed by atoms with Crippen LogP contribution in [0.25, 0.3) is 0 Å². The van der Waals surface area contributed by atoms with Gasteiger partial charge in [0.05, 0.1) is 6.10 Å². The van der Waals surface area contributed by atoms with Crippen molar-refractivity contribution in [2.45, 2.75) is 38.6 Å². The number of carbonyl (C=O) groups excluding carboxylic acids is 1. The van der Waals surface area contributed by atoms with Gasteiger partial charge in [0.15, 0.2) is 5.54 Å². The summed E-state index contributed by atoms with van der Waals surface area (Å²) in [5.41, 5.74) is 2.04. The fraction of sp³-hybridized carbons (Fsp3) is 0.889. The minimum absolute atomic E-state index is 0.00442. The van der Waals surface area contributed by atoms with Gasteiger partial charge >= 0.3 is 6.18 Å². The van der Waals surface area contributed by atoms with Crippen LogP contribution in [0.5, 0.6) is 0 Å². The zero-order chi connectivity index (χ0) is 13.0. The van der Waals surface area contributed by atoms with Gasteiger partial charge in [0, 0.05) is 13.2 Å². The highest BCUT2D eigenvalue weighted by Gasteiger charge is 2.53. The maximum Gasteiger partial charge on any atom is 0.415 e. The molecular weight excluding hydrogens is 225 g/mol. The smallest absolute Gasteiger partial charge is 0.377 e. The SMILES string of the molecule is CCOC(C)CNC(=O)C(C)(N)C(F)(F)F. The molecule has 0 saturated heterocycles. The highest BCUT2D eigenvalue weighted by atomic mass is 19.4. The first-order chi connectivity index (χ1) is 7.13. The topological polar surface area (TPSA) is 64.3 Å². The van der Waals surface area contributed by atoms with E-state index >= 15 is 0 Å². The van der Waals surface area contributed by atoms with Gasteiger partial charge in [-0.2, -0.15) is 13.2 Å². The summed E-state index contributed by atoms with van der Waals surface area (Å²) in [6, 6.07) is 0. The summed E-state index contributed by atoms with van der Waals surface area (Å²) in [5.74, 6) is -1.26. The molecule has 96 valence electrons. The largest absolute Gasteiger partial charge is 0.415 e. The second kappa shape index (κ2) is 5.49. The lowest BCUT2D eigenvalue weighted by Gasteiger charge is -2.26. The van der Waals surface area contributed by atoms with Crippen LogP contribution in [0.4, 0.5) is 13.2 Å². The fourth-order valence-corrected chi connectivity index (χ4v) is 0.892. The highest BCUT2D eigenvalue weighted by molar-refractivity contribution is 5.86. The third-order valence-corrected chi connectivity index (χ3v) is 2.06. The van der Waals surface area contributed by atoms with Gasteiger partial charge in [0.2, 0.25) is 5.91 Å². The predicted molar refractivity (Wildman–Crippen MR) is 52.7 cm³/mol. The molecule has 0 spiro atoms.